The molecule has 1 aliphatic rings. The van der Waals surface area contributed by atoms with Crippen LogP contribution in [0.5, 0.6) is 5.75 Å². The first-order valence-electron chi connectivity index (χ1n) is 8.87. The molecule has 0 aliphatic heterocycles. The van der Waals surface area contributed by atoms with Crippen molar-refractivity contribution in [2.45, 2.75) is 45.1 Å². The van der Waals surface area contributed by atoms with E-state index in [2.05, 4.69) is 19.2 Å². The molecular weight excluding hydrogens is 314 g/mol. The number of amides is 1. The molecule has 4 heteroatoms. The van der Waals surface area contributed by atoms with Crippen LogP contribution in [0, 0.1) is 0 Å². The molecule has 2 aromatic rings. The second kappa shape index (κ2) is 7.70. The van der Waals surface area contributed by atoms with E-state index in [1.165, 1.54) is 0 Å². The Balaban J connectivity index is 1.67. The summed E-state index contributed by atoms with van der Waals surface area (Å²) in [5, 5.41) is 13.0. The summed E-state index contributed by atoms with van der Waals surface area (Å²) in [6.07, 6.45) is 2.16. The smallest absolute Gasteiger partial charge is 0.262 e. The number of rotatable bonds is 5. The van der Waals surface area contributed by atoms with Crippen molar-refractivity contribution in [1.29, 1.82) is 0 Å². The fraction of sp³-hybridized carbons (Fsp3) is 0.381. The lowest BCUT2D eigenvalue weighted by Gasteiger charge is -2.23. The normalized spacial score (nSPS) is 16.4. The number of hydrogen-bond acceptors (Lipinski definition) is 3. The summed E-state index contributed by atoms with van der Waals surface area (Å²) >= 11 is 0. The van der Waals surface area contributed by atoms with E-state index in [1.807, 2.05) is 42.5 Å². The molecule has 2 N–H and O–H groups in total. The molecule has 0 radical (unpaired) electrons. The summed E-state index contributed by atoms with van der Waals surface area (Å²) in [7, 11) is 0. The van der Waals surface area contributed by atoms with E-state index in [4.69, 9.17) is 4.74 Å². The third kappa shape index (κ3) is 4.02. The summed E-state index contributed by atoms with van der Waals surface area (Å²) in [5.74, 6) is 0.852. The molecule has 0 aromatic heterocycles. The number of para-hydroxylation sites is 1. The predicted molar refractivity (Wildman–Crippen MR) is 99.0 cm³/mol. The van der Waals surface area contributed by atoms with Crippen molar-refractivity contribution in [3.63, 3.8) is 0 Å². The topological polar surface area (TPSA) is 58.6 Å². The monoisotopic (exact) mass is 339 g/mol. The van der Waals surface area contributed by atoms with Gasteiger partial charge in [0.1, 0.15) is 5.75 Å². The first-order chi connectivity index (χ1) is 12.1. The number of anilines is 1. The zero-order chi connectivity index (χ0) is 17.8. The number of ether oxygens (including phenoxy) is 1. The Labute approximate surface area is 148 Å². The molecule has 0 fully saturated rings. The molecule has 0 saturated heterocycles. The molecule has 0 heterocycles. The van der Waals surface area contributed by atoms with Crippen LogP contribution in [0.4, 0.5) is 5.69 Å². The minimum Gasteiger partial charge on any atom is -0.483 e. The molecule has 0 saturated carbocycles. The summed E-state index contributed by atoms with van der Waals surface area (Å²) < 4.78 is 5.76. The van der Waals surface area contributed by atoms with Crippen LogP contribution in [0.3, 0.4) is 0 Å². The molecule has 2 aromatic carbocycles. The van der Waals surface area contributed by atoms with Crippen LogP contribution in [0.2, 0.25) is 0 Å². The maximum Gasteiger partial charge on any atom is 0.262 e. The standard InChI is InChI=1S/C21H25NO3/c1-14(2)15-7-3-4-10-18(15)22-21(24)13-25-20-12-6-8-16-17(20)9-5-11-19(16)23/h3-4,6-8,10,12,14,19,23H,5,9,11,13H2,1-2H3,(H,22,24)/t19-/m0/s1. The number of aliphatic hydroxyl groups excluding tert-OH is 1. The summed E-state index contributed by atoms with van der Waals surface area (Å²) in [5.41, 5.74) is 3.89. The molecule has 4 nitrogen and oxygen atoms in total. The minimum atomic E-state index is -0.431. The van der Waals surface area contributed by atoms with Crippen molar-refractivity contribution in [2.24, 2.45) is 0 Å². The average molecular weight is 339 g/mol. The van der Waals surface area contributed by atoms with Gasteiger partial charge in [0.05, 0.1) is 6.10 Å². The molecule has 0 bridgehead atoms. The number of fused-ring (bicyclic) bond motifs is 1. The van der Waals surface area contributed by atoms with Gasteiger partial charge in [-0.05, 0) is 54.0 Å². The highest BCUT2D eigenvalue weighted by molar-refractivity contribution is 5.92. The van der Waals surface area contributed by atoms with Crippen LogP contribution in [-0.4, -0.2) is 17.6 Å². The van der Waals surface area contributed by atoms with Crippen molar-refractivity contribution >= 4 is 11.6 Å². The van der Waals surface area contributed by atoms with E-state index < -0.39 is 6.10 Å². The molecule has 1 atom stereocenters. The van der Waals surface area contributed by atoms with Crippen LogP contribution < -0.4 is 10.1 Å². The maximum absolute atomic E-state index is 12.3. The molecule has 132 valence electrons. The van der Waals surface area contributed by atoms with E-state index in [0.717, 1.165) is 41.6 Å². The number of carbonyl (C=O) groups is 1. The van der Waals surface area contributed by atoms with Crippen molar-refractivity contribution < 1.29 is 14.6 Å². The molecular formula is C21H25NO3. The molecule has 3 rings (SSSR count). The van der Waals surface area contributed by atoms with E-state index in [1.54, 1.807) is 0 Å². The largest absolute Gasteiger partial charge is 0.483 e. The lowest BCUT2D eigenvalue weighted by Crippen LogP contribution is -2.22. The highest BCUT2D eigenvalue weighted by Gasteiger charge is 2.21. The minimum absolute atomic E-state index is 0.0427. The van der Waals surface area contributed by atoms with Crippen LogP contribution in [0.15, 0.2) is 42.5 Å². The van der Waals surface area contributed by atoms with Gasteiger partial charge < -0.3 is 15.2 Å². The summed E-state index contributed by atoms with van der Waals surface area (Å²) in [6.45, 7) is 4.16. The van der Waals surface area contributed by atoms with Gasteiger partial charge in [-0.3, -0.25) is 4.79 Å². The molecule has 25 heavy (non-hydrogen) atoms. The third-order valence-electron chi connectivity index (χ3n) is 4.65. The molecule has 0 unspecified atom stereocenters. The maximum atomic E-state index is 12.3. The van der Waals surface area contributed by atoms with Gasteiger partial charge in [0.25, 0.3) is 5.91 Å². The van der Waals surface area contributed by atoms with E-state index in [-0.39, 0.29) is 12.5 Å². The van der Waals surface area contributed by atoms with Crippen molar-refractivity contribution in [2.75, 3.05) is 11.9 Å². The zero-order valence-electron chi connectivity index (χ0n) is 14.8. The Morgan fingerprint density at radius 1 is 1.24 bits per heavy atom. The van der Waals surface area contributed by atoms with Crippen molar-refractivity contribution in [1.82, 2.24) is 0 Å². The number of carbonyl (C=O) groups excluding carboxylic acids is 1. The summed E-state index contributed by atoms with van der Waals surface area (Å²) in [4.78, 5) is 12.3. The second-order valence-electron chi connectivity index (χ2n) is 6.81. The lowest BCUT2D eigenvalue weighted by molar-refractivity contribution is -0.118. The van der Waals surface area contributed by atoms with Gasteiger partial charge in [0.2, 0.25) is 0 Å². The lowest BCUT2D eigenvalue weighted by atomic mass is 9.89. The zero-order valence-corrected chi connectivity index (χ0v) is 14.8. The number of hydrogen-bond donors (Lipinski definition) is 2. The number of nitrogens with one attached hydrogen (secondary N) is 1. The Bertz CT molecular complexity index is 755. The van der Waals surface area contributed by atoms with Crippen LogP contribution in [0.25, 0.3) is 0 Å². The quantitative estimate of drug-likeness (QED) is 0.858. The SMILES string of the molecule is CC(C)c1ccccc1NC(=O)COc1cccc2c1CCC[C@@H]2O. The van der Waals surface area contributed by atoms with Gasteiger partial charge in [-0.2, -0.15) is 0 Å². The van der Waals surface area contributed by atoms with Crippen molar-refractivity contribution in [3.8, 4) is 5.75 Å². The fourth-order valence-corrected chi connectivity index (χ4v) is 3.37. The van der Waals surface area contributed by atoms with E-state index in [0.29, 0.717) is 11.7 Å². The summed E-state index contributed by atoms with van der Waals surface area (Å²) in [6, 6.07) is 13.5. The van der Waals surface area contributed by atoms with Gasteiger partial charge >= 0.3 is 0 Å². The van der Waals surface area contributed by atoms with E-state index in [9.17, 15) is 9.90 Å². The number of benzene rings is 2. The van der Waals surface area contributed by atoms with Crippen LogP contribution in [-0.2, 0) is 11.2 Å². The molecule has 1 amide bonds. The van der Waals surface area contributed by atoms with Crippen LogP contribution >= 0.6 is 0 Å². The van der Waals surface area contributed by atoms with Gasteiger partial charge in [-0.1, -0.05) is 44.2 Å². The Hall–Kier alpha value is -2.33. The van der Waals surface area contributed by atoms with Gasteiger partial charge in [0, 0.05) is 5.69 Å². The third-order valence-corrected chi connectivity index (χ3v) is 4.65. The molecule has 0 spiro atoms. The Morgan fingerprint density at radius 2 is 2.04 bits per heavy atom. The van der Waals surface area contributed by atoms with Crippen LogP contribution in [0.1, 0.15) is 55.4 Å². The highest BCUT2D eigenvalue weighted by atomic mass is 16.5. The van der Waals surface area contributed by atoms with Gasteiger partial charge in [0.15, 0.2) is 6.61 Å². The highest BCUT2D eigenvalue weighted by Crippen LogP contribution is 2.35. The fourth-order valence-electron chi connectivity index (χ4n) is 3.37. The Morgan fingerprint density at radius 3 is 2.84 bits per heavy atom. The Kier molecular flexibility index (Phi) is 5.39. The first kappa shape index (κ1) is 17.5. The number of aliphatic hydroxyl groups is 1. The van der Waals surface area contributed by atoms with Gasteiger partial charge in [-0.15, -0.1) is 0 Å². The van der Waals surface area contributed by atoms with E-state index >= 15 is 0 Å². The second-order valence-corrected chi connectivity index (χ2v) is 6.81. The van der Waals surface area contributed by atoms with Gasteiger partial charge in [-0.25, -0.2) is 0 Å². The molecule has 1 aliphatic carbocycles. The first-order valence-corrected chi connectivity index (χ1v) is 8.87. The average Bonchev–Trinajstić information content (AvgIpc) is 2.60. The van der Waals surface area contributed by atoms with Crippen molar-refractivity contribution in [3.05, 3.63) is 59.2 Å². The predicted octanol–water partition coefficient (Wildman–Crippen LogP) is 4.20.